The van der Waals surface area contributed by atoms with Crippen LogP contribution in [-0.2, 0) is 0 Å². The number of carbonyl (C=O) groups excluding carboxylic acids is 1. The number of nitrogens with zero attached hydrogens (tertiary/aromatic N) is 2. The molecule has 0 aliphatic rings. The van der Waals surface area contributed by atoms with Gasteiger partial charge in [0.2, 0.25) is 0 Å². The second kappa shape index (κ2) is 3.67. The maximum Gasteiger partial charge on any atom is 0.275 e. The van der Waals surface area contributed by atoms with Crippen molar-refractivity contribution >= 4 is 5.91 Å². The summed E-state index contributed by atoms with van der Waals surface area (Å²) in [5, 5.41) is 17.3. The number of rotatable bonds is 3. The fraction of sp³-hybridized carbons (Fsp3) is 0.400. The van der Waals surface area contributed by atoms with Crippen molar-refractivity contribution in [2.45, 2.75) is 0 Å². The van der Waals surface area contributed by atoms with Gasteiger partial charge in [-0.3, -0.25) is 4.79 Å². The Balaban J connectivity index is 2.43. The van der Waals surface area contributed by atoms with E-state index in [2.05, 4.69) is 20.3 Å². The zero-order valence-corrected chi connectivity index (χ0v) is 5.65. The number of hydrogen-bond donors (Lipinski definition) is 2. The first-order chi connectivity index (χ1) is 5.34. The van der Waals surface area contributed by atoms with Crippen LogP contribution in [0.15, 0.2) is 10.8 Å². The lowest BCUT2D eigenvalue weighted by Gasteiger charge is -1.96. The highest BCUT2D eigenvalue weighted by Gasteiger charge is 2.07. The fourth-order valence-corrected chi connectivity index (χ4v) is 0.525. The summed E-state index contributed by atoms with van der Waals surface area (Å²) in [6, 6.07) is 0. The molecule has 1 aromatic rings. The van der Waals surface area contributed by atoms with Crippen LogP contribution < -0.4 is 5.32 Å². The van der Waals surface area contributed by atoms with Crippen molar-refractivity contribution in [1.82, 2.24) is 15.6 Å². The Morgan fingerprint density at radius 2 is 2.64 bits per heavy atom. The topological polar surface area (TPSA) is 88.2 Å². The molecule has 0 aliphatic carbocycles. The minimum Gasteiger partial charge on any atom is -0.395 e. The van der Waals surface area contributed by atoms with E-state index in [0.717, 1.165) is 0 Å². The van der Waals surface area contributed by atoms with Crippen molar-refractivity contribution in [3.8, 4) is 0 Å². The summed E-state index contributed by atoms with van der Waals surface area (Å²) in [6.45, 7) is 0.0999. The van der Waals surface area contributed by atoms with Crippen LogP contribution in [0.3, 0.4) is 0 Å². The molecule has 0 atom stereocenters. The second-order valence-electron chi connectivity index (χ2n) is 1.77. The van der Waals surface area contributed by atoms with E-state index in [1.54, 1.807) is 0 Å². The van der Waals surface area contributed by atoms with Crippen molar-refractivity contribution in [1.29, 1.82) is 0 Å². The summed E-state index contributed by atoms with van der Waals surface area (Å²) in [4.78, 5) is 10.9. The molecule has 0 saturated carbocycles. The van der Waals surface area contributed by atoms with Crippen molar-refractivity contribution in [3.63, 3.8) is 0 Å². The van der Waals surface area contributed by atoms with Crippen LogP contribution in [0.1, 0.15) is 10.5 Å². The Bertz CT molecular complexity index is 221. The van der Waals surface area contributed by atoms with Gasteiger partial charge in [-0.05, 0) is 5.16 Å². The lowest BCUT2D eigenvalue weighted by atomic mass is 10.4. The molecular formula is C5H7N3O3. The Morgan fingerprint density at radius 1 is 1.82 bits per heavy atom. The lowest BCUT2D eigenvalue weighted by Crippen LogP contribution is -2.26. The number of carbonyl (C=O) groups is 1. The van der Waals surface area contributed by atoms with Crippen molar-refractivity contribution < 1.29 is 14.5 Å². The smallest absolute Gasteiger partial charge is 0.275 e. The molecule has 0 unspecified atom stereocenters. The molecule has 6 heteroatoms. The van der Waals surface area contributed by atoms with Gasteiger partial charge in [-0.15, -0.1) is 0 Å². The van der Waals surface area contributed by atoms with Crippen LogP contribution in [-0.4, -0.2) is 34.5 Å². The molecule has 2 N–H and O–H groups in total. The van der Waals surface area contributed by atoms with E-state index in [1.165, 1.54) is 6.20 Å². The maximum atomic E-state index is 10.9. The molecule has 6 nitrogen and oxygen atoms in total. The monoisotopic (exact) mass is 157 g/mol. The molecule has 0 radical (unpaired) electrons. The highest BCUT2D eigenvalue weighted by Crippen LogP contribution is 1.88. The zero-order valence-electron chi connectivity index (χ0n) is 5.65. The first-order valence-corrected chi connectivity index (χ1v) is 3.01. The van der Waals surface area contributed by atoms with E-state index in [9.17, 15) is 4.79 Å². The Labute approximate surface area is 62.2 Å². The molecule has 0 fully saturated rings. The van der Waals surface area contributed by atoms with Crippen molar-refractivity contribution in [3.05, 3.63) is 11.9 Å². The van der Waals surface area contributed by atoms with Crippen molar-refractivity contribution in [2.24, 2.45) is 0 Å². The van der Waals surface area contributed by atoms with Crippen LogP contribution in [0.25, 0.3) is 0 Å². The predicted molar refractivity (Wildman–Crippen MR) is 33.7 cm³/mol. The van der Waals surface area contributed by atoms with Gasteiger partial charge in [0.25, 0.3) is 5.91 Å². The Hall–Kier alpha value is -1.43. The van der Waals surface area contributed by atoms with Crippen LogP contribution in [0.4, 0.5) is 0 Å². The number of aliphatic hydroxyl groups is 1. The summed E-state index contributed by atoms with van der Waals surface area (Å²) < 4.78 is 4.19. The van der Waals surface area contributed by atoms with Gasteiger partial charge in [-0.2, -0.15) is 0 Å². The quantitative estimate of drug-likeness (QED) is 0.574. The Kier molecular flexibility index (Phi) is 2.56. The third-order valence-electron chi connectivity index (χ3n) is 0.991. The molecule has 11 heavy (non-hydrogen) atoms. The number of aliphatic hydroxyl groups excluding tert-OH is 1. The second-order valence-corrected chi connectivity index (χ2v) is 1.77. The average Bonchev–Trinajstić information content (AvgIpc) is 2.52. The lowest BCUT2D eigenvalue weighted by molar-refractivity contribution is 0.0935. The fourth-order valence-electron chi connectivity index (χ4n) is 0.525. The molecule has 1 amide bonds. The molecule has 1 rings (SSSR count). The zero-order chi connectivity index (χ0) is 8.10. The average molecular weight is 157 g/mol. The first kappa shape index (κ1) is 7.67. The summed E-state index contributed by atoms with van der Waals surface area (Å²) >= 11 is 0. The van der Waals surface area contributed by atoms with Gasteiger partial charge < -0.3 is 10.4 Å². The molecular weight excluding hydrogens is 150 g/mol. The largest absolute Gasteiger partial charge is 0.395 e. The third kappa shape index (κ3) is 2.01. The highest BCUT2D eigenvalue weighted by atomic mass is 16.6. The van der Waals surface area contributed by atoms with Crippen LogP contribution in [0.5, 0.6) is 0 Å². The van der Waals surface area contributed by atoms with Gasteiger partial charge in [-0.1, -0.05) is 5.16 Å². The maximum absolute atomic E-state index is 10.9. The van der Waals surface area contributed by atoms with Gasteiger partial charge in [0.05, 0.1) is 6.61 Å². The SMILES string of the molecule is O=C(NCCO)c1cnon1. The summed E-state index contributed by atoms with van der Waals surface area (Å²) in [7, 11) is 0. The number of aromatic nitrogens is 2. The molecule has 1 aromatic heterocycles. The molecule has 60 valence electrons. The van der Waals surface area contributed by atoms with Crippen LogP contribution in [0.2, 0.25) is 0 Å². The minimum atomic E-state index is -0.402. The van der Waals surface area contributed by atoms with E-state index in [-0.39, 0.29) is 18.8 Å². The van der Waals surface area contributed by atoms with E-state index in [4.69, 9.17) is 5.11 Å². The molecule has 0 aromatic carbocycles. The van der Waals surface area contributed by atoms with E-state index in [1.807, 2.05) is 0 Å². The van der Waals surface area contributed by atoms with Gasteiger partial charge in [0, 0.05) is 6.54 Å². The predicted octanol–water partition coefficient (Wildman–Crippen LogP) is -1.21. The molecule has 0 spiro atoms. The van der Waals surface area contributed by atoms with Gasteiger partial charge in [0.15, 0.2) is 5.69 Å². The normalized spacial score (nSPS) is 9.55. The first-order valence-electron chi connectivity index (χ1n) is 3.01. The standard InChI is InChI=1S/C5H7N3O3/c9-2-1-6-5(10)4-3-7-11-8-4/h3,9H,1-2H2,(H,6,10). The van der Waals surface area contributed by atoms with Gasteiger partial charge in [-0.25, -0.2) is 4.63 Å². The highest BCUT2D eigenvalue weighted by molar-refractivity contribution is 5.91. The van der Waals surface area contributed by atoms with E-state index >= 15 is 0 Å². The summed E-state index contributed by atoms with van der Waals surface area (Å²) in [6.07, 6.45) is 1.20. The molecule has 0 bridgehead atoms. The Morgan fingerprint density at radius 3 is 3.18 bits per heavy atom. The third-order valence-corrected chi connectivity index (χ3v) is 0.991. The molecule has 0 saturated heterocycles. The summed E-state index contributed by atoms with van der Waals surface area (Å²) in [5.74, 6) is -0.402. The van der Waals surface area contributed by atoms with Gasteiger partial charge in [0.1, 0.15) is 6.20 Å². The molecule has 0 aliphatic heterocycles. The van der Waals surface area contributed by atoms with Crippen molar-refractivity contribution in [2.75, 3.05) is 13.2 Å². The molecule has 1 heterocycles. The minimum absolute atomic E-state index is 0.100. The number of nitrogens with one attached hydrogen (secondary N) is 1. The number of hydrogen-bond acceptors (Lipinski definition) is 5. The van der Waals surface area contributed by atoms with Crippen LogP contribution in [0, 0.1) is 0 Å². The summed E-state index contributed by atoms with van der Waals surface area (Å²) in [5.41, 5.74) is 0.110. The number of amides is 1. The van der Waals surface area contributed by atoms with E-state index < -0.39 is 5.91 Å². The van der Waals surface area contributed by atoms with Gasteiger partial charge >= 0.3 is 0 Å². The van der Waals surface area contributed by atoms with E-state index in [0.29, 0.717) is 0 Å². The van der Waals surface area contributed by atoms with Crippen LogP contribution >= 0.6 is 0 Å².